The van der Waals surface area contributed by atoms with E-state index in [1.165, 1.54) is 12.1 Å². The molecule has 0 aliphatic heterocycles. The zero-order chi connectivity index (χ0) is 12.7. The minimum atomic E-state index is -0.254. The lowest BCUT2D eigenvalue weighted by Gasteiger charge is -2.15. The first kappa shape index (κ1) is 14.0. The fraction of sp³-hybridized carbons (Fsp3) is 0.571. The molecule has 0 amide bonds. The molecule has 0 radical (unpaired) electrons. The molecule has 0 fully saturated rings. The van der Waals surface area contributed by atoms with Gasteiger partial charge in [-0.15, -0.1) is 0 Å². The van der Waals surface area contributed by atoms with Gasteiger partial charge in [0.25, 0.3) is 0 Å². The third-order valence-electron chi connectivity index (χ3n) is 2.47. The van der Waals surface area contributed by atoms with Crippen LogP contribution in [0, 0.1) is 5.82 Å². The molecule has 1 unspecified atom stereocenters. The SMILES string of the molecule is CC(C)NCCCC(C)Oc1cccc(F)c1. The molecule has 0 saturated heterocycles. The molecule has 0 spiro atoms. The molecule has 1 aromatic rings. The van der Waals surface area contributed by atoms with Crippen LogP contribution < -0.4 is 10.1 Å². The normalized spacial score (nSPS) is 12.8. The second-order valence-corrected chi connectivity index (χ2v) is 4.64. The van der Waals surface area contributed by atoms with E-state index in [0.717, 1.165) is 19.4 Å². The Hall–Kier alpha value is -1.09. The molecule has 0 bridgehead atoms. The quantitative estimate of drug-likeness (QED) is 0.737. The van der Waals surface area contributed by atoms with Gasteiger partial charge in [0.2, 0.25) is 0 Å². The highest BCUT2D eigenvalue weighted by Crippen LogP contribution is 2.15. The van der Waals surface area contributed by atoms with E-state index >= 15 is 0 Å². The Balaban J connectivity index is 2.23. The van der Waals surface area contributed by atoms with Crippen molar-refractivity contribution in [3.63, 3.8) is 0 Å². The van der Waals surface area contributed by atoms with Crippen molar-refractivity contribution in [3.05, 3.63) is 30.1 Å². The maximum absolute atomic E-state index is 12.9. The molecule has 1 rings (SSSR count). The van der Waals surface area contributed by atoms with Crippen molar-refractivity contribution in [2.75, 3.05) is 6.54 Å². The highest BCUT2D eigenvalue weighted by molar-refractivity contribution is 5.22. The van der Waals surface area contributed by atoms with Crippen molar-refractivity contribution in [3.8, 4) is 5.75 Å². The molecule has 3 heteroatoms. The van der Waals surface area contributed by atoms with Crippen LogP contribution in [-0.2, 0) is 0 Å². The molecule has 1 aromatic carbocycles. The predicted molar refractivity (Wildman–Crippen MR) is 68.9 cm³/mol. The smallest absolute Gasteiger partial charge is 0.126 e. The molecule has 0 aliphatic carbocycles. The van der Waals surface area contributed by atoms with Crippen molar-refractivity contribution in [1.82, 2.24) is 5.32 Å². The fourth-order valence-electron chi connectivity index (χ4n) is 1.61. The molecular weight excluding hydrogens is 217 g/mol. The van der Waals surface area contributed by atoms with Crippen LogP contribution in [0.2, 0.25) is 0 Å². The molecule has 0 heterocycles. The van der Waals surface area contributed by atoms with Gasteiger partial charge in [-0.25, -0.2) is 4.39 Å². The lowest BCUT2D eigenvalue weighted by Crippen LogP contribution is -2.25. The average molecular weight is 239 g/mol. The summed E-state index contributed by atoms with van der Waals surface area (Å²) in [6, 6.07) is 6.81. The Morgan fingerprint density at radius 2 is 2.06 bits per heavy atom. The number of hydrogen-bond acceptors (Lipinski definition) is 2. The van der Waals surface area contributed by atoms with Gasteiger partial charge in [0, 0.05) is 12.1 Å². The maximum Gasteiger partial charge on any atom is 0.126 e. The highest BCUT2D eigenvalue weighted by atomic mass is 19.1. The van der Waals surface area contributed by atoms with Crippen molar-refractivity contribution in [2.45, 2.75) is 45.8 Å². The van der Waals surface area contributed by atoms with Crippen LogP contribution in [0.5, 0.6) is 5.75 Å². The lowest BCUT2D eigenvalue weighted by atomic mass is 10.2. The minimum absolute atomic E-state index is 0.116. The highest BCUT2D eigenvalue weighted by Gasteiger charge is 2.04. The Kier molecular flexibility index (Phi) is 5.98. The first-order chi connectivity index (χ1) is 8.08. The second kappa shape index (κ2) is 7.28. The number of rotatable bonds is 7. The monoisotopic (exact) mass is 239 g/mol. The summed E-state index contributed by atoms with van der Waals surface area (Å²) in [6.45, 7) is 7.27. The van der Waals surface area contributed by atoms with E-state index in [4.69, 9.17) is 4.74 Å². The van der Waals surface area contributed by atoms with E-state index in [9.17, 15) is 4.39 Å². The topological polar surface area (TPSA) is 21.3 Å². The van der Waals surface area contributed by atoms with Crippen LogP contribution in [0.3, 0.4) is 0 Å². The van der Waals surface area contributed by atoms with Gasteiger partial charge in [-0.05, 0) is 38.4 Å². The van der Waals surface area contributed by atoms with Crippen molar-refractivity contribution >= 4 is 0 Å². The number of halogens is 1. The van der Waals surface area contributed by atoms with Crippen LogP contribution in [0.15, 0.2) is 24.3 Å². The average Bonchev–Trinajstić information content (AvgIpc) is 2.24. The zero-order valence-electron chi connectivity index (χ0n) is 10.9. The van der Waals surface area contributed by atoms with E-state index in [0.29, 0.717) is 11.8 Å². The summed E-state index contributed by atoms with van der Waals surface area (Å²) in [6.07, 6.45) is 2.15. The molecule has 0 aliphatic rings. The van der Waals surface area contributed by atoms with Crippen LogP contribution in [-0.4, -0.2) is 18.7 Å². The molecule has 0 aromatic heterocycles. The minimum Gasteiger partial charge on any atom is -0.491 e. The summed E-state index contributed by atoms with van der Waals surface area (Å²) in [4.78, 5) is 0. The molecule has 1 N–H and O–H groups in total. The molecule has 17 heavy (non-hydrogen) atoms. The van der Waals surface area contributed by atoms with Gasteiger partial charge in [-0.1, -0.05) is 19.9 Å². The van der Waals surface area contributed by atoms with Gasteiger partial charge in [-0.3, -0.25) is 0 Å². The van der Waals surface area contributed by atoms with Gasteiger partial charge < -0.3 is 10.1 Å². The van der Waals surface area contributed by atoms with E-state index in [-0.39, 0.29) is 11.9 Å². The summed E-state index contributed by atoms with van der Waals surface area (Å²) < 4.78 is 18.6. The third-order valence-corrected chi connectivity index (χ3v) is 2.47. The van der Waals surface area contributed by atoms with Crippen molar-refractivity contribution in [2.24, 2.45) is 0 Å². The summed E-state index contributed by atoms with van der Waals surface area (Å²) >= 11 is 0. The largest absolute Gasteiger partial charge is 0.491 e. The summed E-state index contributed by atoms with van der Waals surface area (Å²) in [7, 11) is 0. The molecule has 96 valence electrons. The van der Waals surface area contributed by atoms with E-state index in [1.54, 1.807) is 12.1 Å². The number of benzene rings is 1. The van der Waals surface area contributed by atoms with Crippen molar-refractivity contribution < 1.29 is 9.13 Å². The first-order valence-corrected chi connectivity index (χ1v) is 6.23. The van der Waals surface area contributed by atoms with Crippen molar-refractivity contribution in [1.29, 1.82) is 0 Å². The standard InChI is InChI=1S/C14H22FNO/c1-11(2)16-9-5-6-12(3)17-14-8-4-7-13(15)10-14/h4,7-8,10-12,16H,5-6,9H2,1-3H3. The summed E-state index contributed by atoms with van der Waals surface area (Å²) in [5.74, 6) is 0.352. The van der Waals surface area contributed by atoms with Crippen LogP contribution in [0.1, 0.15) is 33.6 Å². The van der Waals surface area contributed by atoms with E-state index < -0.39 is 0 Å². The van der Waals surface area contributed by atoms with Gasteiger partial charge in [-0.2, -0.15) is 0 Å². The van der Waals surface area contributed by atoms with Gasteiger partial charge in [0.15, 0.2) is 0 Å². The Labute approximate surface area is 103 Å². The molecule has 0 saturated carbocycles. The number of nitrogens with one attached hydrogen (secondary N) is 1. The summed E-state index contributed by atoms with van der Waals surface area (Å²) in [5.41, 5.74) is 0. The van der Waals surface area contributed by atoms with Crippen LogP contribution >= 0.6 is 0 Å². The zero-order valence-corrected chi connectivity index (χ0v) is 10.9. The Morgan fingerprint density at radius 3 is 2.71 bits per heavy atom. The third kappa shape index (κ3) is 6.27. The molecule has 1 atom stereocenters. The predicted octanol–water partition coefficient (Wildman–Crippen LogP) is 3.37. The number of ether oxygens (including phenoxy) is 1. The number of hydrogen-bond donors (Lipinski definition) is 1. The summed E-state index contributed by atoms with van der Waals surface area (Å²) in [5, 5.41) is 3.36. The van der Waals surface area contributed by atoms with E-state index in [2.05, 4.69) is 19.2 Å². The second-order valence-electron chi connectivity index (χ2n) is 4.64. The van der Waals surface area contributed by atoms with Gasteiger partial charge in [0.1, 0.15) is 11.6 Å². The first-order valence-electron chi connectivity index (χ1n) is 6.23. The van der Waals surface area contributed by atoms with Gasteiger partial charge in [0.05, 0.1) is 6.10 Å². The maximum atomic E-state index is 12.9. The fourth-order valence-corrected chi connectivity index (χ4v) is 1.61. The Bertz CT molecular complexity index is 328. The van der Waals surface area contributed by atoms with Crippen LogP contribution in [0.4, 0.5) is 4.39 Å². The lowest BCUT2D eigenvalue weighted by molar-refractivity contribution is 0.206. The Morgan fingerprint density at radius 1 is 1.29 bits per heavy atom. The molecule has 2 nitrogen and oxygen atoms in total. The van der Waals surface area contributed by atoms with Crippen LogP contribution in [0.25, 0.3) is 0 Å². The van der Waals surface area contributed by atoms with E-state index in [1.807, 2.05) is 6.92 Å². The molecular formula is C14H22FNO. The van der Waals surface area contributed by atoms with Gasteiger partial charge >= 0.3 is 0 Å².